The lowest BCUT2D eigenvalue weighted by Crippen LogP contribution is -2.15. The summed E-state index contributed by atoms with van der Waals surface area (Å²) in [6.07, 6.45) is 0. The number of halogens is 2. The van der Waals surface area contributed by atoms with Crippen LogP contribution in [0.1, 0.15) is 11.9 Å². The molecule has 0 saturated heterocycles. The van der Waals surface area contributed by atoms with Gasteiger partial charge in [0.05, 0.1) is 21.3 Å². The van der Waals surface area contributed by atoms with E-state index < -0.39 is 6.04 Å². The standard InChI is InChI=1S/C8H7Br2N3O2S/c9-3-1-5(16-6(3)10)8-12-7(13-15-8)4(11)2-14/h1,4,14H,2,11H2. The maximum atomic E-state index is 8.86. The van der Waals surface area contributed by atoms with Crippen LogP contribution in [0.3, 0.4) is 0 Å². The minimum absolute atomic E-state index is 0.212. The Labute approximate surface area is 112 Å². The van der Waals surface area contributed by atoms with Crippen LogP contribution in [-0.2, 0) is 0 Å². The van der Waals surface area contributed by atoms with Crippen molar-refractivity contribution in [2.75, 3.05) is 6.61 Å². The number of aliphatic hydroxyl groups excluding tert-OH is 1. The van der Waals surface area contributed by atoms with E-state index in [1.54, 1.807) is 0 Å². The minimum Gasteiger partial charge on any atom is -0.394 e. The first-order valence-corrected chi connectivity index (χ1v) is 6.67. The fourth-order valence-corrected chi connectivity index (χ4v) is 2.98. The van der Waals surface area contributed by atoms with Gasteiger partial charge in [0.2, 0.25) is 0 Å². The molecule has 0 fully saturated rings. The van der Waals surface area contributed by atoms with Crippen molar-refractivity contribution in [1.82, 2.24) is 10.1 Å². The Hall–Kier alpha value is -0.280. The lowest BCUT2D eigenvalue weighted by molar-refractivity contribution is 0.260. The first kappa shape index (κ1) is 12.2. The van der Waals surface area contributed by atoms with E-state index >= 15 is 0 Å². The van der Waals surface area contributed by atoms with Crippen LogP contribution < -0.4 is 5.73 Å². The molecular formula is C8H7Br2N3O2S. The number of thiophene rings is 1. The first-order chi connectivity index (χ1) is 7.61. The van der Waals surface area contributed by atoms with Gasteiger partial charge in [-0.1, -0.05) is 5.16 Å². The Morgan fingerprint density at radius 2 is 2.31 bits per heavy atom. The van der Waals surface area contributed by atoms with E-state index in [2.05, 4.69) is 42.0 Å². The maximum Gasteiger partial charge on any atom is 0.268 e. The fourth-order valence-electron chi connectivity index (χ4n) is 1.02. The van der Waals surface area contributed by atoms with Crippen molar-refractivity contribution in [2.45, 2.75) is 6.04 Å². The zero-order valence-electron chi connectivity index (χ0n) is 7.85. The van der Waals surface area contributed by atoms with E-state index in [1.807, 2.05) is 6.07 Å². The van der Waals surface area contributed by atoms with Crippen LogP contribution >= 0.6 is 43.2 Å². The highest BCUT2D eigenvalue weighted by molar-refractivity contribution is 9.13. The van der Waals surface area contributed by atoms with Crippen LogP contribution in [0.5, 0.6) is 0 Å². The number of nitrogens with zero attached hydrogens (tertiary/aromatic N) is 2. The van der Waals surface area contributed by atoms with Gasteiger partial charge in [-0.25, -0.2) is 0 Å². The van der Waals surface area contributed by atoms with Gasteiger partial charge in [-0.15, -0.1) is 11.3 Å². The lowest BCUT2D eigenvalue weighted by Gasteiger charge is -1.98. The molecule has 0 saturated carbocycles. The Morgan fingerprint density at radius 3 is 2.88 bits per heavy atom. The van der Waals surface area contributed by atoms with E-state index in [9.17, 15) is 0 Å². The summed E-state index contributed by atoms with van der Waals surface area (Å²) in [4.78, 5) is 4.95. The molecule has 5 nitrogen and oxygen atoms in total. The second kappa shape index (κ2) is 4.92. The van der Waals surface area contributed by atoms with Crippen molar-refractivity contribution in [3.05, 3.63) is 20.1 Å². The Balaban J connectivity index is 2.31. The molecule has 2 aromatic heterocycles. The van der Waals surface area contributed by atoms with Crippen molar-refractivity contribution >= 4 is 43.2 Å². The van der Waals surface area contributed by atoms with Gasteiger partial charge < -0.3 is 15.4 Å². The van der Waals surface area contributed by atoms with Crippen molar-refractivity contribution < 1.29 is 9.63 Å². The highest BCUT2D eigenvalue weighted by Crippen LogP contribution is 2.37. The molecule has 86 valence electrons. The van der Waals surface area contributed by atoms with Gasteiger partial charge in [0.1, 0.15) is 0 Å². The van der Waals surface area contributed by atoms with Crippen LogP contribution in [-0.4, -0.2) is 21.9 Å². The third-order valence-electron chi connectivity index (χ3n) is 1.83. The predicted octanol–water partition coefficient (Wildman–Crippen LogP) is 2.32. The van der Waals surface area contributed by atoms with Gasteiger partial charge in [0.15, 0.2) is 5.82 Å². The molecular weight excluding hydrogens is 362 g/mol. The quantitative estimate of drug-likeness (QED) is 0.868. The minimum atomic E-state index is -0.607. The lowest BCUT2D eigenvalue weighted by atomic mass is 10.3. The molecule has 0 amide bonds. The third-order valence-corrected chi connectivity index (χ3v) is 5.07. The number of rotatable bonds is 3. The molecule has 8 heteroatoms. The molecule has 3 N–H and O–H groups in total. The van der Waals surface area contributed by atoms with Crippen molar-refractivity contribution in [3.8, 4) is 10.8 Å². The summed E-state index contributed by atoms with van der Waals surface area (Å²) in [7, 11) is 0. The van der Waals surface area contributed by atoms with Crippen LogP contribution in [0.15, 0.2) is 18.8 Å². The van der Waals surface area contributed by atoms with E-state index in [1.165, 1.54) is 11.3 Å². The van der Waals surface area contributed by atoms with E-state index in [0.29, 0.717) is 11.7 Å². The van der Waals surface area contributed by atoms with E-state index in [0.717, 1.165) is 13.1 Å². The Kier molecular flexibility index (Phi) is 3.75. The summed E-state index contributed by atoms with van der Waals surface area (Å²) in [6, 6.07) is 1.26. The molecule has 0 aliphatic carbocycles. The van der Waals surface area contributed by atoms with Crippen molar-refractivity contribution in [3.63, 3.8) is 0 Å². The normalized spacial score (nSPS) is 13.0. The van der Waals surface area contributed by atoms with E-state index in [-0.39, 0.29) is 6.61 Å². The smallest absolute Gasteiger partial charge is 0.268 e. The van der Waals surface area contributed by atoms with E-state index in [4.69, 9.17) is 15.4 Å². The average molecular weight is 369 g/mol. The van der Waals surface area contributed by atoms with Crippen LogP contribution in [0.4, 0.5) is 0 Å². The number of nitrogens with two attached hydrogens (primary N) is 1. The van der Waals surface area contributed by atoms with Crippen molar-refractivity contribution in [1.29, 1.82) is 0 Å². The summed E-state index contributed by atoms with van der Waals surface area (Å²) in [5.74, 6) is 0.702. The van der Waals surface area contributed by atoms with Crippen LogP contribution in [0, 0.1) is 0 Å². The van der Waals surface area contributed by atoms with Gasteiger partial charge in [0, 0.05) is 4.47 Å². The molecule has 0 radical (unpaired) electrons. The largest absolute Gasteiger partial charge is 0.394 e. The molecule has 2 rings (SSSR count). The molecule has 2 heterocycles. The van der Waals surface area contributed by atoms with Crippen LogP contribution in [0.25, 0.3) is 10.8 Å². The molecule has 2 aromatic rings. The molecule has 0 aromatic carbocycles. The van der Waals surface area contributed by atoms with Gasteiger partial charge in [0.25, 0.3) is 5.89 Å². The van der Waals surface area contributed by atoms with Crippen molar-refractivity contribution in [2.24, 2.45) is 5.73 Å². The maximum absolute atomic E-state index is 8.86. The molecule has 0 aliphatic heterocycles. The fraction of sp³-hybridized carbons (Fsp3) is 0.250. The Morgan fingerprint density at radius 1 is 1.56 bits per heavy atom. The number of hydrogen-bond donors (Lipinski definition) is 2. The SMILES string of the molecule is NC(CO)c1noc(-c2cc(Br)c(Br)s2)n1. The Bertz CT molecular complexity index is 480. The number of hydrogen-bond acceptors (Lipinski definition) is 6. The molecule has 16 heavy (non-hydrogen) atoms. The molecule has 1 unspecified atom stereocenters. The monoisotopic (exact) mass is 367 g/mol. The number of aromatic nitrogens is 2. The highest BCUT2D eigenvalue weighted by atomic mass is 79.9. The molecule has 0 spiro atoms. The second-order valence-electron chi connectivity index (χ2n) is 2.98. The highest BCUT2D eigenvalue weighted by Gasteiger charge is 2.16. The number of aliphatic hydroxyl groups is 1. The molecule has 0 aliphatic rings. The van der Waals surface area contributed by atoms with Gasteiger partial charge in [-0.2, -0.15) is 4.98 Å². The summed E-state index contributed by atoms with van der Waals surface area (Å²) < 4.78 is 6.94. The summed E-state index contributed by atoms with van der Waals surface area (Å²) in [5.41, 5.74) is 5.57. The topological polar surface area (TPSA) is 85.2 Å². The molecule has 1 atom stereocenters. The molecule has 0 bridgehead atoms. The summed E-state index contributed by atoms with van der Waals surface area (Å²) in [5, 5.41) is 12.6. The predicted molar refractivity (Wildman–Crippen MR) is 67.0 cm³/mol. The van der Waals surface area contributed by atoms with Gasteiger partial charge in [-0.3, -0.25) is 0 Å². The first-order valence-electron chi connectivity index (χ1n) is 4.27. The van der Waals surface area contributed by atoms with Gasteiger partial charge in [-0.05, 0) is 37.9 Å². The summed E-state index contributed by atoms with van der Waals surface area (Å²) >= 11 is 8.22. The van der Waals surface area contributed by atoms with Crippen LogP contribution in [0.2, 0.25) is 0 Å². The zero-order chi connectivity index (χ0) is 11.7. The van der Waals surface area contributed by atoms with Gasteiger partial charge >= 0.3 is 0 Å². The zero-order valence-corrected chi connectivity index (χ0v) is 11.8. The second-order valence-corrected chi connectivity index (χ2v) is 6.20. The summed E-state index contributed by atoms with van der Waals surface area (Å²) in [6.45, 7) is -0.212. The average Bonchev–Trinajstić information content (AvgIpc) is 2.86. The third kappa shape index (κ3) is 2.35.